The summed E-state index contributed by atoms with van der Waals surface area (Å²) in [6.07, 6.45) is 7.64. The first-order valence-electron chi connectivity index (χ1n) is 11.0. The van der Waals surface area contributed by atoms with E-state index in [-0.39, 0.29) is 24.3 Å². The first kappa shape index (κ1) is 22.8. The lowest BCUT2D eigenvalue weighted by Gasteiger charge is -2.33. The zero-order valence-corrected chi connectivity index (χ0v) is 20.6. The molecule has 0 spiro atoms. The summed E-state index contributed by atoms with van der Waals surface area (Å²) in [4.78, 5) is 30.0. The molecule has 1 N–H and O–H groups in total. The van der Waals surface area contributed by atoms with Crippen LogP contribution >= 0.6 is 27.3 Å². The summed E-state index contributed by atoms with van der Waals surface area (Å²) in [5.74, 6) is -0.221. The minimum atomic E-state index is -0.745. The second-order valence-electron chi connectivity index (χ2n) is 8.29. The predicted octanol–water partition coefficient (Wildman–Crippen LogP) is 5.62. The number of hydrogen-bond acceptors (Lipinski definition) is 3. The van der Waals surface area contributed by atoms with E-state index in [1.54, 1.807) is 16.2 Å². The van der Waals surface area contributed by atoms with E-state index in [4.69, 9.17) is 0 Å². The molecule has 168 valence electrons. The van der Waals surface area contributed by atoms with Crippen molar-refractivity contribution in [3.8, 4) is 0 Å². The van der Waals surface area contributed by atoms with Gasteiger partial charge in [0.15, 0.2) is 6.04 Å². The molecule has 1 aliphatic rings. The van der Waals surface area contributed by atoms with E-state index in [1.165, 1.54) is 6.42 Å². The van der Waals surface area contributed by atoms with Crippen molar-refractivity contribution in [2.24, 2.45) is 7.05 Å². The third-order valence-electron chi connectivity index (χ3n) is 6.00. The van der Waals surface area contributed by atoms with Crippen LogP contribution < -0.4 is 10.2 Å². The molecule has 0 bridgehead atoms. The maximum absolute atomic E-state index is 13.7. The van der Waals surface area contributed by atoms with Gasteiger partial charge in [-0.1, -0.05) is 41.3 Å². The largest absolute Gasteiger partial charge is 0.352 e. The zero-order chi connectivity index (χ0) is 22.5. The Morgan fingerprint density at radius 2 is 1.88 bits per heavy atom. The Morgan fingerprint density at radius 3 is 2.50 bits per heavy atom. The summed E-state index contributed by atoms with van der Waals surface area (Å²) < 4.78 is 2.85. The number of rotatable bonds is 7. The van der Waals surface area contributed by atoms with Gasteiger partial charge in [-0.15, -0.1) is 11.3 Å². The van der Waals surface area contributed by atoms with Gasteiger partial charge in [-0.2, -0.15) is 0 Å². The molecule has 1 atom stereocenters. The maximum atomic E-state index is 13.7. The smallest absolute Gasteiger partial charge is 0.249 e. The van der Waals surface area contributed by atoms with E-state index in [0.29, 0.717) is 5.69 Å². The van der Waals surface area contributed by atoms with Crippen LogP contribution in [0.4, 0.5) is 5.69 Å². The summed E-state index contributed by atoms with van der Waals surface area (Å²) in [7, 11) is 1.92. The third kappa shape index (κ3) is 5.33. The van der Waals surface area contributed by atoms with Crippen molar-refractivity contribution in [1.29, 1.82) is 0 Å². The van der Waals surface area contributed by atoms with Crippen molar-refractivity contribution in [2.45, 2.75) is 50.6 Å². The molecule has 7 heteroatoms. The molecule has 3 aromatic rings. The van der Waals surface area contributed by atoms with E-state index >= 15 is 0 Å². The number of anilines is 1. The van der Waals surface area contributed by atoms with Gasteiger partial charge in [0.05, 0.1) is 12.1 Å². The molecule has 1 aromatic carbocycles. The minimum Gasteiger partial charge on any atom is -0.352 e. The first-order valence-corrected chi connectivity index (χ1v) is 12.7. The van der Waals surface area contributed by atoms with Crippen LogP contribution in [0.1, 0.15) is 48.7 Å². The van der Waals surface area contributed by atoms with Gasteiger partial charge in [0.2, 0.25) is 11.8 Å². The summed E-state index contributed by atoms with van der Waals surface area (Å²) in [6, 6.07) is 14.8. The lowest BCUT2D eigenvalue weighted by Crippen LogP contribution is -2.48. The second-order valence-corrected chi connectivity index (χ2v) is 10.2. The van der Waals surface area contributed by atoms with Crippen molar-refractivity contribution in [3.63, 3.8) is 0 Å². The Balaban J connectivity index is 1.72. The van der Waals surface area contributed by atoms with E-state index in [2.05, 4.69) is 21.2 Å². The number of nitrogens with zero attached hydrogens (tertiary/aromatic N) is 2. The average molecular weight is 514 g/mol. The predicted molar refractivity (Wildman–Crippen MR) is 133 cm³/mol. The molecule has 2 heterocycles. The molecule has 32 heavy (non-hydrogen) atoms. The van der Waals surface area contributed by atoms with Crippen molar-refractivity contribution in [1.82, 2.24) is 9.88 Å². The number of amides is 2. The highest BCUT2D eigenvalue weighted by atomic mass is 79.9. The lowest BCUT2D eigenvalue weighted by atomic mass is 9.95. The van der Waals surface area contributed by atoms with Crippen molar-refractivity contribution >= 4 is 44.8 Å². The average Bonchev–Trinajstić information content (AvgIpc) is 3.45. The summed E-state index contributed by atoms with van der Waals surface area (Å²) in [5.41, 5.74) is 1.50. The topological polar surface area (TPSA) is 54.3 Å². The number of nitrogens with one attached hydrogen (secondary N) is 1. The van der Waals surface area contributed by atoms with E-state index in [9.17, 15) is 9.59 Å². The van der Waals surface area contributed by atoms with Crippen molar-refractivity contribution in [2.75, 3.05) is 4.90 Å². The third-order valence-corrected chi connectivity index (χ3v) is 7.41. The molecule has 1 fully saturated rings. The number of hydrogen-bond donors (Lipinski definition) is 1. The summed E-state index contributed by atoms with van der Waals surface area (Å²) >= 11 is 5.03. The molecule has 5 nitrogen and oxygen atoms in total. The van der Waals surface area contributed by atoms with Gasteiger partial charge in [-0.3, -0.25) is 14.5 Å². The monoisotopic (exact) mass is 513 g/mol. The quantitative estimate of drug-likeness (QED) is 0.445. The Labute approximate surface area is 201 Å². The van der Waals surface area contributed by atoms with Crippen LogP contribution in [0.15, 0.2) is 64.6 Å². The van der Waals surface area contributed by atoms with E-state index < -0.39 is 6.04 Å². The summed E-state index contributed by atoms with van der Waals surface area (Å²) in [5, 5.41) is 5.23. The molecular weight excluding hydrogens is 486 g/mol. The van der Waals surface area contributed by atoms with Crippen LogP contribution in [0.5, 0.6) is 0 Å². The number of benzene rings is 1. The molecule has 0 aliphatic heterocycles. The van der Waals surface area contributed by atoms with Crippen LogP contribution in [0.2, 0.25) is 0 Å². The molecule has 1 saturated carbocycles. The summed E-state index contributed by atoms with van der Waals surface area (Å²) in [6.45, 7) is 0. The minimum absolute atomic E-state index is 0.0974. The molecule has 1 aliphatic carbocycles. The molecular formula is C25H28BrN3O2S. The number of carbonyl (C=O) groups excluding carboxylic acids is 2. The Morgan fingerprint density at radius 1 is 1.12 bits per heavy atom. The van der Waals surface area contributed by atoms with E-state index in [0.717, 1.165) is 40.7 Å². The number of thiophene rings is 1. The fraction of sp³-hybridized carbons (Fsp3) is 0.360. The van der Waals surface area contributed by atoms with Gasteiger partial charge in [0.1, 0.15) is 0 Å². The highest BCUT2D eigenvalue weighted by Crippen LogP contribution is 2.31. The molecule has 0 radical (unpaired) electrons. The van der Waals surface area contributed by atoms with E-state index in [1.807, 2.05) is 71.7 Å². The fourth-order valence-electron chi connectivity index (χ4n) is 4.36. The van der Waals surface area contributed by atoms with Gasteiger partial charge in [0, 0.05) is 34.3 Å². The van der Waals surface area contributed by atoms with Crippen LogP contribution in [-0.4, -0.2) is 22.4 Å². The highest BCUT2D eigenvalue weighted by molar-refractivity contribution is 9.10. The number of halogens is 1. The Bertz CT molecular complexity index is 1040. The van der Waals surface area contributed by atoms with Crippen LogP contribution in [0, 0.1) is 0 Å². The molecule has 0 unspecified atom stereocenters. The van der Waals surface area contributed by atoms with Crippen LogP contribution in [-0.2, 0) is 23.1 Å². The van der Waals surface area contributed by atoms with Gasteiger partial charge >= 0.3 is 0 Å². The van der Waals surface area contributed by atoms with Gasteiger partial charge in [0.25, 0.3) is 0 Å². The Kier molecular flexibility index (Phi) is 7.48. The molecule has 2 amide bonds. The van der Waals surface area contributed by atoms with Crippen molar-refractivity contribution in [3.05, 3.63) is 75.2 Å². The lowest BCUT2D eigenvalue weighted by molar-refractivity contribution is -0.127. The molecule has 4 rings (SSSR count). The number of aryl methyl sites for hydroxylation is 1. The molecule has 0 saturated heterocycles. The van der Waals surface area contributed by atoms with Crippen LogP contribution in [0.3, 0.4) is 0 Å². The second kappa shape index (κ2) is 10.5. The molecule has 2 aromatic heterocycles. The maximum Gasteiger partial charge on any atom is 0.249 e. The standard InChI is InChI=1S/C25H28BrN3O2S/c1-28-15-5-10-22(28)24(25(31)27-19-7-3-2-4-8-19)29(20-13-11-18(26)12-14-20)23(30)17-21-9-6-16-32-21/h5-6,9-16,19,24H,2-4,7-8,17H2,1H3,(H,27,31)/t24-/m1/s1. The number of carbonyl (C=O) groups is 2. The Hall–Kier alpha value is -2.38. The van der Waals surface area contributed by atoms with Crippen LogP contribution in [0.25, 0.3) is 0 Å². The highest BCUT2D eigenvalue weighted by Gasteiger charge is 2.35. The fourth-order valence-corrected chi connectivity index (χ4v) is 5.32. The van der Waals surface area contributed by atoms with Gasteiger partial charge in [-0.25, -0.2) is 0 Å². The normalized spacial score (nSPS) is 15.3. The SMILES string of the molecule is Cn1cccc1[C@H](C(=O)NC1CCCCC1)N(C(=O)Cc1cccs1)c1ccc(Br)cc1. The van der Waals surface area contributed by atoms with Crippen molar-refractivity contribution < 1.29 is 9.59 Å². The van der Waals surface area contributed by atoms with Gasteiger partial charge < -0.3 is 9.88 Å². The van der Waals surface area contributed by atoms with Gasteiger partial charge in [-0.05, 0) is 60.7 Å². The zero-order valence-electron chi connectivity index (χ0n) is 18.2. The number of aromatic nitrogens is 1. The first-order chi connectivity index (χ1) is 15.5.